The zero-order valence-corrected chi connectivity index (χ0v) is 17.8. The Morgan fingerprint density at radius 3 is 2.47 bits per heavy atom. The zero-order chi connectivity index (χ0) is 21.9. The highest BCUT2D eigenvalue weighted by atomic mass is 35.5. The molecule has 4 nitrogen and oxygen atoms in total. The van der Waals surface area contributed by atoms with Crippen LogP contribution in [-0.4, -0.2) is 23.5 Å². The molecule has 0 atom stereocenters. The van der Waals surface area contributed by atoms with Crippen molar-refractivity contribution in [1.82, 2.24) is 10.3 Å². The fraction of sp³-hybridized carbons (Fsp3) is 0.429. The van der Waals surface area contributed by atoms with Crippen molar-refractivity contribution in [2.75, 3.05) is 11.9 Å². The number of rotatable bonds is 5. The summed E-state index contributed by atoms with van der Waals surface area (Å²) in [5, 5.41) is 6.77. The summed E-state index contributed by atoms with van der Waals surface area (Å²) in [7, 11) is 0. The molecular formula is C21H22Cl2F3N3O. The van der Waals surface area contributed by atoms with E-state index < -0.39 is 17.6 Å². The fourth-order valence-corrected chi connectivity index (χ4v) is 3.88. The number of aryl methyl sites for hydroxylation is 1. The highest BCUT2D eigenvalue weighted by Crippen LogP contribution is 2.32. The Kier molecular flexibility index (Phi) is 7.14. The summed E-state index contributed by atoms with van der Waals surface area (Å²) in [4.78, 5) is 16.7. The molecule has 30 heavy (non-hydrogen) atoms. The topological polar surface area (TPSA) is 54.0 Å². The van der Waals surface area contributed by atoms with Crippen molar-refractivity contribution < 1.29 is 18.0 Å². The third kappa shape index (κ3) is 5.79. The number of halogens is 5. The highest BCUT2D eigenvalue weighted by Gasteiger charge is 2.32. The van der Waals surface area contributed by atoms with Crippen LogP contribution in [0.2, 0.25) is 10.0 Å². The average Bonchev–Trinajstić information content (AvgIpc) is 2.69. The van der Waals surface area contributed by atoms with Gasteiger partial charge in [-0.3, -0.25) is 9.78 Å². The molecule has 162 valence electrons. The molecule has 0 saturated heterocycles. The maximum Gasteiger partial charge on any atom is 0.416 e. The van der Waals surface area contributed by atoms with Gasteiger partial charge in [0.2, 0.25) is 0 Å². The van der Waals surface area contributed by atoms with E-state index >= 15 is 0 Å². The van der Waals surface area contributed by atoms with Crippen LogP contribution < -0.4 is 10.6 Å². The quantitative estimate of drug-likeness (QED) is 0.566. The summed E-state index contributed by atoms with van der Waals surface area (Å²) < 4.78 is 38.7. The van der Waals surface area contributed by atoms with Gasteiger partial charge >= 0.3 is 6.18 Å². The number of benzene rings is 1. The minimum atomic E-state index is -4.53. The fourth-order valence-electron chi connectivity index (χ4n) is 3.51. The summed E-state index contributed by atoms with van der Waals surface area (Å²) in [6, 6.07) is 4.53. The van der Waals surface area contributed by atoms with E-state index in [0.29, 0.717) is 10.9 Å². The van der Waals surface area contributed by atoms with Crippen LogP contribution in [-0.2, 0) is 6.18 Å². The van der Waals surface area contributed by atoms with E-state index in [0.717, 1.165) is 61.8 Å². The van der Waals surface area contributed by atoms with Crippen LogP contribution in [0.15, 0.2) is 30.5 Å². The first-order valence-electron chi connectivity index (χ1n) is 9.67. The molecule has 1 aromatic heterocycles. The number of carbonyl (C=O) groups excluding carboxylic acids is 1. The number of pyridine rings is 1. The second-order valence-corrected chi connectivity index (χ2v) is 8.37. The van der Waals surface area contributed by atoms with Gasteiger partial charge in [-0.1, -0.05) is 23.2 Å². The lowest BCUT2D eigenvalue weighted by atomic mass is 9.86. The first-order valence-corrected chi connectivity index (χ1v) is 10.4. The Morgan fingerprint density at radius 1 is 1.13 bits per heavy atom. The largest absolute Gasteiger partial charge is 0.416 e. The Morgan fingerprint density at radius 2 is 1.83 bits per heavy atom. The first-order chi connectivity index (χ1) is 14.1. The molecule has 1 fully saturated rings. The molecule has 1 amide bonds. The molecule has 0 aliphatic heterocycles. The van der Waals surface area contributed by atoms with Crippen LogP contribution in [0.25, 0.3) is 0 Å². The number of nitrogens with one attached hydrogen (secondary N) is 2. The predicted molar refractivity (Wildman–Crippen MR) is 112 cm³/mol. The lowest BCUT2D eigenvalue weighted by molar-refractivity contribution is -0.137. The van der Waals surface area contributed by atoms with E-state index in [9.17, 15) is 18.0 Å². The van der Waals surface area contributed by atoms with Crippen LogP contribution in [0, 0.1) is 12.8 Å². The Bertz CT molecular complexity index is 913. The molecule has 2 N–H and O–H groups in total. The van der Waals surface area contributed by atoms with Gasteiger partial charge in [0, 0.05) is 12.6 Å². The molecule has 1 heterocycles. The summed E-state index contributed by atoms with van der Waals surface area (Å²) >= 11 is 12.0. The molecule has 1 saturated carbocycles. The third-order valence-electron chi connectivity index (χ3n) is 5.34. The molecule has 9 heteroatoms. The maximum atomic E-state index is 12.9. The monoisotopic (exact) mass is 459 g/mol. The molecule has 0 radical (unpaired) electrons. The summed E-state index contributed by atoms with van der Waals surface area (Å²) in [5.41, 5.74) is 0.594. The molecule has 1 aromatic carbocycles. The first kappa shape index (κ1) is 22.7. The van der Waals surface area contributed by atoms with E-state index in [1.54, 1.807) is 6.20 Å². The van der Waals surface area contributed by atoms with Crippen molar-refractivity contribution in [1.29, 1.82) is 0 Å². The molecule has 0 spiro atoms. The number of alkyl halides is 3. The van der Waals surface area contributed by atoms with Crippen molar-refractivity contribution in [3.8, 4) is 0 Å². The maximum absolute atomic E-state index is 12.9. The van der Waals surface area contributed by atoms with Gasteiger partial charge in [0.1, 0.15) is 0 Å². The van der Waals surface area contributed by atoms with Crippen molar-refractivity contribution in [2.45, 2.75) is 44.8 Å². The Balaban J connectivity index is 1.51. The number of anilines is 1. The van der Waals surface area contributed by atoms with Crippen molar-refractivity contribution in [3.05, 3.63) is 57.3 Å². The van der Waals surface area contributed by atoms with E-state index in [1.165, 1.54) is 0 Å². The lowest BCUT2D eigenvalue weighted by Crippen LogP contribution is -2.38. The van der Waals surface area contributed by atoms with Gasteiger partial charge in [-0.15, -0.1) is 0 Å². The van der Waals surface area contributed by atoms with Crippen LogP contribution >= 0.6 is 23.2 Å². The number of amides is 1. The van der Waals surface area contributed by atoms with Crippen LogP contribution in [0.4, 0.5) is 18.9 Å². The molecule has 1 aliphatic carbocycles. The van der Waals surface area contributed by atoms with Crippen molar-refractivity contribution in [2.24, 2.45) is 5.92 Å². The Labute approximate surface area is 183 Å². The number of aromatic nitrogens is 1. The smallest absolute Gasteiger partial charge is 0.383 e. The average molecular weight is 460 g/mol. The van der Waals surface area contributed by atoms with Gasteiger partial charge in [0.15, 0.2) is 0 Å². The van der Waals surface area contributed by atoms with Crippen molar-refractivity contribution >= 4 is 34.8 Å². The SMILES string of the molecule is Cc1ncc(NCC2CCC(NC(=O)c3cc(C(F)(F)F)ccc3Cl)CC2)cc1Cl. The highest BCUT2D eigenvalue weighted by molar-refractivity contribution is 6.33. The summed E-state index contributed by atoms with van der Waals surface area (Å²) in [6.45, 7) is 2.61. The second kappa shape index (κ2) is 9.43. The summed E-state index contributed by atoms with van der Waals surface area (Å²) in [6.07, 6.45) is 0.499. The van der Waals surface area contributed by atoms with Gasteiger partial charge in [-0.05, 0) is 62.8 Å². The van der Waals surface area contributed by atoms with Gasteiger partial charge in [0.25, 0.3) is 5.91 Å². The van der Waals surface area contributed by atoms with Gasteiger partial charge in [-0.25, -0.2) is 0 Å². The van der Waals surface area contributed by atoms with Crippen molar-refractivity contribution in [3.63, 3.8) is 0 Å². The normalized spacial score (nSPS) is 19.4. The molecule has 2 aromatic rings. The minimum absolute atomic E-state index is 0.00348. The minimum Gasteiger partial charge on any atom is -0.383 e. The molecule has 0 unspecified atom stereocenters. The molecule has 1 aliphatic rings. The summed E-state index contributed by atoms with van der Waals surface area (Å²) in [5.74, 6) is -0.150. The standard InChI is InChI=1S/C21H22Cl2F3N3O/c1-12-19(23)9-16(11-27-12)28-10-13-2-5-15(6-3-13)29-20(30)17-8-14(21(24,25)26)4-7-18(17)22/h4,7-9,11,13,15,28H,2-3,5-6,10H2,1H3,(H,29,30). The molecular weight excluding hydrogens is 438 g/mol. The number of nitrogens with zero attached hydrogens (tertiary/aromatic N) is 1. The predicted octanol–water partition coefficient (Wildman–Crippen LogP) is 6.12. The van der Waals surface area contributed by atoms with Gasteiger partial charge in [-0.2, -0.15) is 13.2 Å². The Hall–Kier alpha value is -1.99. The zero-order valence-electron chi connectivity index (χ0n) is 16.3. The van der Waals surface area contributed by atoms with Gasteiger partial charge in [0.05, 0.1) is 38.8 Å². The van der Waals surface area contributed by atoms with E-state index in [-0.39, 0.29) is 16.6 Å². The number of carbonyl (C=O) groups is 1. The van der Waals surface area contributed by atoms with Crippen LogP contribution in [0.3, 0.4) is 0 Å². The number of hydrogen-bond donors (Lipinski definition) is 2. The van der Waals surface area contributed by atoms with E-state index in [1.807, 2.05) is 13.0 Å². The van der Waals surface area contributed by atoms with E-state index in [2.05, 4.69) is 15.6 Å². The van der Waals surface area contributed by atoms with E-state index in [4.69, 9.17) is 23.2 Å². The lowest BCUT2D eigenvalue weighted by Gasteiger charge is -2.29. The van der Waals surface area contributed by atoms with Crippen LogP contribution in [0.5, 0.6) is 0 Å². The molecule has 3 rings (SSSR count). The van der Waals surface area contributed by atoms with Gasteiger partial charge < -0.3 is 10.6 Å². The number of hydrogen-bond acceptors (Lipinski definition) is 3. The second-order valence-electron chi connectivity index (χ2n) is 7.56. The van der Waals surface area contributed by atoms with Crippen LogP contribution in [0.1, 0.15) is 47.3 Å². The molecule has 0 bridgehead atoms. The third-order valence-corrected chi connectivity index (χ3v) is 6.05.